The summed E-state index contributed by atoms with van der Waals surface area (Å²) in [5.41, 5.74) is 3.22. The molecule has 7 heteroatoms. The molecule has 0 aliphatic carbocycles. The smallest absolute Gasteiger partial charge is 0.227 e. The molecule has 1 amide bonds. The molecule has 2 heterocycles. The average molecular weight is 456 g/mol. The van der Waals surface area contributed by atoms with Gasteiger partial charge in [0.1, 0.15) is 11.3 Å². The Kier molecular flexibility index (Phi) is 6.72. The zero-order valence-electron chi connectivity index (χ0n) is 18.6. The Morgan fingerprint density at radius 1 is 1.13 bits per heavy atom. The average Bonchev–Trinajstić information content (AvgIpc) is 3.22. The van der Waals surface area contributed by atoms with E-state index >= 15 is 0 Å². The molecule has 1 fully saturated rings. The molecule has 1 aliphatic rings. The predicted molar refractivity (Wildman–Crippen MR) is 131 cm³/mol. The topological polar surface area (TPSA) is 45.7 Å². The van der Waals surface area contributed by atoms with Crippen LogP contribution in [0.5, 0.6) is 5.75 Å². The number of anilines is 1. The first-order valence-electron chi connectivity index (χ1n) is 10.7. The van der Waals surface area contributed by atoms with Crippen LogP contribution in [-0.2, 0) is 11.2 Å². The minimum Gasteiger partial charge on any atom is -0.494 e. The van der Waals surface area contributed by atoms with Crippen molar-refractivity contribution in [3.05, 3.63) is 47.5 Å². The van der Waals surface area contributed by atoms with Gasteiger partial charge in [0.25, 0.3) is 0 Å². The molecule has 164 valence electrons. The first-order chi connectivity index (χ1) is 14.9. The molecular weight excluding hydrogens is 426 g/mol. The zero-order valence-corrected chi connectivity index (χ0v) is 20.2. The number of benzene rings is 2. The van der Waals surface area contributed by atoms with Gasteiger partial charge in [-0.05, 0) is 36.2 Å². The van der Waals surface area contributed by atoms with Gasteiger partial charge in [0.05, 0.1) is 18.2 Å². The molecule has 0 radical (unpaired) electrons. The van der Waals surface area contributed by atoms with Gasteiger partial charge in [0, 0.05) is 36.3 Å². The van der Waals surface area contributed by atoms with Crippen molar-refractivity contribution in [2.24, 2.45) is 0 Å². The molecule has 31 heavy (non-hydrogen) atoms. The van der Waals surface area contributed by atoms with Gasteiger partial charge in [0.15, 0.2) is 5.13 Å². The Labute approximate surface area is 192 Å². The number of thioether (sulfide) groups is 1. The fourth-order valence-corrected chi connectivity index (χ4v) is 5.73. The summed E-state index contributed by atoms with van der Waals surface area (Å²) >= 11 is 3.55. The highest BCUT2D eigenvalue weighted by Gasteiger charge is 2.24. The molecule has 1 aliphatic heterocycles. The number of ether oxygens (including phenoxy) is 1. The van der Waals surface area contributed by atoms with Gasteiger partial charge in [0.2, 0.25) is 5.91 Å². The molecule has 4 rings (SSSR count). The highest BCUT2D eigenvalue weighted by molar-refractivity contribution is 7.99. The number of carbonyl (C=O) groups excluding carboxylic acids is 1. The second-order valence-corrected chi connectivity index (χ2v) is 10.7. The van der Waals surface area contributed by atoms with Gasteiger partial charge in [-0.3, -0.25) is 4.79 Å². The maximum Gasteiger partial charge on any atom is 0.227 e. The van der Waals surface area contributed by atoms with E-state index in [0.717, 1.165) is 48.1 Å². The van der Waals surface area contributed by atoms with E-state index in [-0.39, 0.29) is 5.91 Å². The summed E-state index contributed by atoms with van der Waals surface area (Å²) in [6.45, 7) is 9.54. The van der Waals surface area contributed by atoms with E-state index in [1.54, 1.807) is 18.4 Å². The molecule has 1 aromatic heterocycles. The molecule has 3 aromatic rings. The lowest BCUT2D eigenvalue weighted by atomic mass is 10.1. The molecule has 0 bridgehead atoms. The van der Waals surface area contributed by atoms with E-state index in [4.69, 9.17) is 9.72 Å². The highest BCUT2D eigenvalue weighted by Crippen LogP contribution is 2.36. The minimum absolute atomic E-state index is 0.200. The normalized spacial score (nSPS) is 14.5. The zero-order chi connectivity index (χ0) is 22.0. The van der Waals surface area contributed by atoms with Crippen LogP contribution < -0.4 is 9.64 Å². The maximum atomic E-state index is 12.8. The maximum absolute atomic E-state index is 12.8. The van der Waals surface area contributed by atoms with Gasteiger partial charge < -0.3 is 14.5 Å². The van der Waals surface area contributed by atoms with Crippen molar-refractivity contribution < 1.29 is 9.53 Å². The highest BCUT2D eigenvalue weighted by atomic mass is 32.2. The van der Waals surface area contributed by atoms with Crippen LogP contribution >= 0.6 is 23.1 Å². The van der Waals surface area contributed by atoms with Gasteiger partial charge in [-0.2, -0.15) is 0 Å². The first-order valence-corrected chi connectivity index (χ1v) is 12.4. The van der Waals surface area contributed by atoms with Crippen LogP contribution in [0.4, 0.5) is 5.13 Å². The molecule has 1 saturated heterocycles. The van der Waals surface area contributed by atoms with Gasteiger partial charge in [-0.1, -0.05) is 43.4 Å². The number of rotatable bonds is 6. The lowest BCUT2D eigenvalue weighted by molar-refractivity contribution is -0.130. The minimum atomic E-state index is 0.200. The standard InChI is InChI=1S/C24H29N3O2S2/c1-16(2)30-19-8-6-18(7-9-19)15-21(28)26-11-13-27(14-12-26)24-25-22-20(29-4)10-5-17(3)23(22)31-24/h5-10,16H,11-15H2,1-4H3. The van der Waals surface area contributed by atoms with E-state index in [1.807, 2.05) is 22.7 Å². The van der Waals surface area contributed by atoms with E-state index < -0.39 is 0 Å². The number of methoxy groups -OCH3 is 1. The van der Waals surface area contributed by atoms with E-state index in [2.05, 4.69) is 56.0 Å². The number of nitrogens with zero attached hydrogens (tertiary/aromatic N) is 3. The van der Waals surface area contributed by atoms with E-state index in [9.17, 15) is 4.79 Å². The quantitative estimate of drug-likeness (QED) is 0.489. The van der Waals surface area contributed by atoms with Crippen molar-refractivity contribution in [1.82, 2.24) is 9.88 Å². The Morgan fingerprint density at radius 2 is 1.84 bits per heavy atom. The van der Waals surface area contributed by atoms with Crippen LogP contribution in [0.2, 0.25) is 0 Å². The molecule has 0 N–H and O–H groups in total. The fourth-order valence-electron chi connectivity index (χ4n) is 3.79. The molecular formula is C24H29N3O2S2. The third-order valence-electron chi connectivity index (χ3n) is 5.47. The number of hydrogen-bond donors (Lipinski definition) is 0. The van der Waals surface area contributed by atoms with Crippen molar-refractivity contribution in [1.29, 1.82) is 0 Å². The van der Waals surface area contributed by atoms with Crippen molar-refractivity contribution in [2.45, 2.75) is 37.3 Å². The molecule has 0 atom stereocenters. The SMILES string of the molecule is COc1ccc(C)c2sc(N3CCN(C(=O)Cc4ccc(SC(C)C)cc4)CC3)nc12. The summed E-state index contributed by atoms with van der Waals surface area (Å²) < 4.78 is 6.66. The van der Waals surface area contributed by atoms with Crippen LogP contribution in [0.1, 0.15) is 25.0 Å². The Balaban J connectivity index is 1.37. The largest absolute Gasteiger partial charge is 0.494 e. The van der Waals surface area contributed by atoms with Crippen molar-refractivity contribution in [3.63, 3.8) is 0 Å². The third kappa shape index (κ3) is 4.99. The van der Waals surface area contributed by atoms with Crippen LogP contribution in [-0.4, -0.2) is 54.3 Å². The number of aryl methyl sites for hydroxylation is 1. The van der Waals surface area contributed by atoms with Crippen molar-refractivity contribution in [2.75, 3.05) is 38.2 Å². The number of hydrogen-bond acceptors (Lipinski definition) is 6. The summed E-state index contributed by atoms with van der Waals surface area (Å²) in [5, 5.41) is 1.57. The van der Waals surface area contributed by atoms with Crippen molar-refractivity contribution in [3.8, 4) is 5.75 Å². The Bertz CT molecular complexity index is 1050. The summed E-state index contributed by atoms with van der Waals surface area (Å²) in [7, 11) is 1.68. The van der Waals surface area contributed by atoms with Gasteiger partial charge in [-0.25, -0.2) is 4.98 Å². The van der Waals surface area contributed by atoms with Gasteiger partial charge in [-0.15, -0.1) is 11.8 Å². The number of fused-ring (bicyclic) bond motifs is 1. The Morgan fingerprint density at radius 3 is 2.48 bits per heavy atom. The fraction of sp³-hybridized carbons (Fsp3) is 0.417. The molecule has 5 nitrogen and oxygen atoms in total. The predicted octanol–water partition coefficient (Wildman–Crippen LogP) is 5.01. The first kappa shape index (κ1) is 22.0. The van der Waals surface area contributed by atoms with E-state index in [1.165, 1.54) is 15.2 Å². The molecule has 0 spiro atoms. The lowest BCUT2D eigenvalue weighted by Crippen LogP contribution is -2.49. The summed E-state index contributed by atoms with van der Waals surface area (Å²) in [6, 6.07) is 12.5. The number of thiazole rings is 1. The monoisotopic (exact) mass is 455 g/mol. The number of aromatic nitrogens is 1. The van der Waals surface area contributed by atoms with E-state index in [0.29, 0.717) is 11.7 Å². The second kappa shape index (κ2) is 9.49. The van der Waals surface area contributed by atoms with Gasteiger partial charge >= 0.3 is 0 Å². The number of piperazine rings is 1. The number of carbonyl (C=O) groups is 1. The summed E-state index contributed by atoms with van der Waals surface area (Å²) in [5.74, 6) is 1.01. The number of amides is 1. The molecule has 2 aromatic carbocycles. The van der Waals surface area contributed by atoms with Crippen LogP contribution in [0.3, 0.4) is 0 Å². The Hall–Kier alpha value is -2.25. The molecule has 0 unspecified atom stereocenters. The molecule has 0 saturated carbocycles. The van der Waals surface area contributed by atoms with Crippen LogP contribution in [0.15, 0.2) is 41.3 Å². The lowest BCUT2D eigenvalue weighted by Gasteiger charge is -2.34. The van der Waals surface area contributed by atoms with Crippen LogP contribution in [0.25, 0.3) is 10.2 Å². The van der Waals surface area contributed by atoms with Crippen LogP contribution in [0, 0.1) is 6.92 Å². The third-order valence-corrected chi connectivity index (χ3v) is 7.73. The van der Waals surface area contributed by atoms with Crippen molar-refractivity contribution >= 4 is 44.4 Å². The second-order valence-electron chi connectivity index (χ2n) is 8.11. The summed E-state index contributed by atoms with van der Waals surface area (Å²) in [6.07, 6.45) is 0.462. The summed E-state index contributed by atoms with van der Waals surface area (Å²) in [4.78, 5) is 23.2.